The van der Waals surface area contributed by atoms with Crippen molar-refractivity contribution >= 4 is 16.4 Å². The Hall–Kier alpha value is -3.82. The number of methoxy groups -OCH3 is 1. The molecule has 0 bridgehead atoms. The van der Waals surface area contributed by atoms with E-state index >= 15 is 0 Å². The molecule has 5 aromatic rings. The largest absolute Gasteiger partial charge is 0.496 e. The third-order valence-corrected chi connectivity index (χ3v) is 4.34. The normalized spacial score (nSPS) is 11.5. The number of hydrogen-bond donors (Lipinski definition) is 0. The molecule has 134 valence electrons. The first kappa shape index (κ1) is 15.4. The van der Waals surface area contributed by atoms with Crippen LogP contribution in [0.5, 0.6) is 5.75 Å². The first-order chi connectivity index (χ1) is 13.2. The lowest BCUT2D eigenvalue weighted by molar-refractivity contribution is 0.399. The van der Waals surface area contributed by atoms with Crippen molar-refractivity contribution in [3.8, 4) is 28.8 Å². The summed E-state index contributed by atoms with van der Waals surface area (Å²) in [6, 6.07) is 7.51. The first-order valence-electron chi connectivity index (χ1n) is 8.17. The molecule has 5 rings (SSSR count). The smallest absolute Gasteiger partial charge is 0.207 e. The van der Waals surface area contributed by atoms with Gasteiger partial charge in [-0.3, -0.25) is 0 Å². The monoisotopic (exact) mass is 362 g/mol. The predicted octanol–water partition coefficient (Wildman–Crippen LogP) is 2.05. The molecular formula is C17H14N8O2. The fraction of sp³-hybridized carbons (Fsp3) is 0.176. The molecule has 0 spiro atoms. The van der Waals surface area contributed by atoms with E-state index in [-0.39, 0.29) is 0 Å². The Bertz CT molecular complexity index is 1300. The van der Waals surface area contributed by atoms with Gasteiger partial charge in [0.2, 0.25) is 5.82 Å². The summed E-state index contributed by atoms with van der Waals surface area (Å²) < 4.78 is 14.2. The summed E-state index contributed by atoms with van der Waals surface area (Å²) in [6.45, 7) is 1.82. The van der Waals surface area contributed by atoms with Crippen LogP contribution in [-0.4, -0.2) is 46.8 Å². The summed E-state index contributed by atoms with van der Waals surface area (Å²) in [5.74, 6) is 2.43. The number of fused-ring (bicyclic) bond motifs is 3. The molecule has 0 aliphatic rings. The van der Waals surface area contributed by atoms with Crippen LogP contribution in [0.1, 0.15) is 5.76 Å². The Morgan fingerprint density at radius 2 is 2.00 bits per heavy atom. The van der Waals surface area contributed by atoms with Crippen molar-refractivity contribution in [2.75, 3.05) is 7.11 Å². The Kier molecular flexibility index (Phi) is 3.20. The van der Waals surface area contributed by atoms with Crippen LogP contribution in [0, 0.1) is 6.92 Å². The highest BCUT2D eigenvalue weighted by Gasteiger charge is 2.22. The third-order valence-electron chi connectivity index (χ3n) is 4.34. The Balaban J connectivity index is 1.94. The second-order valence-corrected chi connectivity index (χ2v) is 6.08. The van der Waals surface area contributed by atoms with Crippen molar-refractivity contribution in [3.05, 3.63) is 36.4 Å². The highest BCUT2D eigenvalue weighted by molar-refractivity contribution is 6.04. The van der Waals surface area contributed by atoms with Gasteiger partial charge in [0, 0.05) is 18.5 Å². The SMILES string of the molecule is COc1cccc2c1c(-c1nncn1C)nn1c(-c3cc(C)on3)nnc21. The number of benzene rings is 1. The maximum atomic E-state index is 5.57. The average molecular weight is 362 g/mol. The summed E-state index contributed by atoms with van der Waals surface area (Å²) in [6.07, 6.45) is 1.62. The van der Waals surface area contributed by atoms with E-state index in [1.54, 1.807) is 28.6 Å². The maximum Gasteiger partial charge on any atom is 0.207 e. The van der Waals surface area contributed by atoms with Crippen molar-refractivity contribution in [1.29, 1.82) is 0 Å². The van der Waals surface area contributed by atoms with Crippen LogP contribution in [0.25, 0.3) is 39.5 Å². The summed E-state index contributed by atoms with van der Waals surface area (Å²) in [5.41, 5.74) is 1.75. The van der Waals surface area contributed by atoms with Gasteiger partial charge >= 0.3 is 0 Å². The van der Waals surface area contributed by atoms with E-state index in [1.807, 2.05) is 32.2 Å². The van der Waals surface area contributed by atoms with Gasteiger partial charge in [0.15, 0.2) is 17.2 Å². The molecule has 10 nitrogen and oxygen atoms in total. The topological polar surface area (TPSA) is 109 Å². The van der Waals surface area contributed by atoms with Crippen molar-refractivity contribution in [3.63, 3.8) is 0 Å². The second-order valence-electron chi connectivity index (χ2n) is 6.08. The molecule has 0 aliphatic heterocycles. The van der Waals surface area contributed by atoms with Gasteiger partial charge in [0.1, 0.15) is 23.5 Å². The van der Waals surface area contributed by atoms with Gasteiger partial charge in [-0.15, -0.1) is 20.4 Å². The molecule has 0 radical (unpaired) electrons. The van der Waals surface area contributed by atoms with Crippen LogP contribution >= 0.6 is 0 Å². The molecule has 0 atom stereocenters. The molecule has 0 saturated heterocycles. The minimum atomic E-state index is 0.481. The maximum absolute atomic E-state index is 5.57. The fourth-order valence-electron chi connectivity index (χ4n) is 3.11. The molecule has 10 heteroatoms. The second kappa shape index (κ2) is 5.59. The van der Waals surface area contributed by atoms with E-state index in [9.17, 15) is 0 Å². The standard InChI is InChI=1S/C17H14N8O2/c1-9-7-11(23-27-9)16-21-20-15-10-5-4-6-12(26-3)13(10)14(22-25(15)16)17-19-18-8-24(17)2/h4-8H,1-3H3. The van der Waals surface area contributed by atoms with Gasteiger partial charge < -0.3 is 13.8 Å². The van der Waals surface area contributed by atoms with Crippen LogP contribution in [0.4, 0.5) is 0 Å². The third kappa shape index (κ3) is 2.19. The van der Waals surface area contributed by atoms with E-state index in [0.29, 0.717) is 40.2 Å². The quantitative estimate of drug-likeness (QED) is 0.480. The molecule has 27 heavy (non-hydrogen) atoms. The average Bonchev–Trinajstić information content (AvgIpc) is 3.39. The van der Waals surface area contributed by atoms with E-state index in [2.05, 4.69) is 25.6 Å². The van der Waals surface area contributed by atoms with Crippen LogP contribution in [-0.2, 0) is 7.05 Å². The zero-order valence-corrected chi connectivity index (χ0v) is 14.8. The van der Waals surface area contributed by atoms with Crippen LogP contribution in [0.3, 0.4) is 0 Å². The van der Waals surface area contributed by atoms with E-state index < -0.39 is 0 Å². The predicted molar refractivity (Wildman–Crippen MR) is 95.1 cm³/mol. The number of aryl methyl sites for hydroxylation is 2. The molecular weight excluding hydrogens is 348 g/mol. The van der Waals surface area contributed by atoms with Crippen LogP contribution in [0.15, 0.2) is 35.1 Å². The summed E-state index contributed by atoms with van der Waals surface area (Å²) in [4.78, 5) is 0. The Labute approximate surface area is 152 Å². The zero-order chi connectivity index (χ0) is 18.5. The Morgan fingerprint density at radius 3 is 2.70 bits per heavy atom. The Morgan fingerprint density at radius 1 is 1.11 bits per heavy atom. The van der Waals surface area contributed by atoms with E-state index in [1.165, 1.54) is 0 Å². The zero-order valence-electron chi connectivity index (χ0n) is 14.8. The van der Waals surface area contributed by atoms with Crippen molar-refractivity contribution in [1.82, 2.24) is 39.7 Å². The molecule has 4 heterocycles. The van der Waals surface area contributed by atoms with Gasteiger partial charge in [-0.1, -0.05) is 17.3 Å². The molecule has 1 aromatic carbocycles. The minimum absolute atomic E-state index is 0.481. The lowest BCUT2D eigenvalue weighted by Crippen LogP contribution is -2.03. The minimum Gasteiger partial charge on any atom is -0.496 e. The van der Waals surface area contributed by atoms with Gasteiger partial charge in [0.25, 0.3) is 0 Å². The molecule has 0 amide bonds. The summed E-state index contributed by atoms with van der Waals surface area (Å²) >= 11 is 0. The number of hydrogen-bond acceptors (Lipinski definition) is 8. The highest BCUT2D eigenvalue weighted by Crippen LogP contribution is 2.35. The van der Waals surface area contributed by atoms with Crippen LogP contribution in [0.2, 0.25) is 0 Å². The number of rotatable bonds is 3. The number of ether oxygens (including phenoxy) is 1. The first-order valence-corrected chi connectivity index (χ1v) is 8.17. The molecule has 0 fully saturated rings. The molecule has 0 aliphatic carbocycles. The number of nitrogens with zero attached hydrogens (tertiary/aromatic N) is 8. The lowest BCUT2D eigenvalue weighted by Gasteiger charge is -2.10. The van der Waals surface area contributed by atoms with E-state index in [0.717, 1.165) is 10.8 Å². The van der Waals surface area contributed by atoms with Crippen molar-refractivity contribution in [2.45, 2.75) is 6.92 Å². The van der Waals surface area contributed by atoms with Crippen molar-refractivity contribution < 1.29 is 9.26 Å². The molecule has 0 unspecified atom stereocenters. The summed E-state index contributed by atoms with van der Waals surface area (Å²) in [7, 11) is 3.48. The molecule has 4 aromatic heterocycles. The number of aromatic nitrogens is 8. The summed E-state index contributed by atoms with van der Waals surface area (Å²) in [5, 5.41) is 27.2. The van der Waals surface area contributed by atoms with Gasteiger partial charge in [-0.25, -0.2) is 0 Å². The van der Waals surface area contributed by atoms with Crippen LogP contribution < -0.4 is 4.74 Å². The van der Waals surface area contributed by atoms with E-state index in [4.69, 9.17) is 14.4 Å². The lowest BCUT2D eigenvalue weighted by atomic mass is 10.1. The highest BCUT2D eigenvalue weighted by atomic mass is 16.5. The van der Waals surface area contributed by atoms with Gasteiger partial charge in [0.05, 0.1) is 12.5 Å². The van der Waals surface area contributed by atoms with Gasteiger partial charge in [-0.2, -0.15) is 9.61 Å². The van der Waals surface area contributed by atoms with Gasteiger partial charge in [-0.05, 0) is 13.0 Å². The van der Waals surface area contributed by atoms with Crippen molar-refractivity contribution in [2.24, 2.45) is 7.05 Å². The molecule has 0 N–H and O–H groups in total. The fourth-order valence-corrected chi connectivity index (χ4v) is 3.11. The molecule has 0 saturated carbocycles.